The molecule has 1 aliphatic heterocycles. The van der Waals surface area contributed by atoms with E-state index in [0.717, 1.165) is 27.4 Å². The Hall–Kier alpha value is -5.36. The molecule has 1 aliphatic rings. The minimum atomic E-state index is -1.18. The van der Waals surface area contributed by atoms with Gasteiger partial charge in [0.05, 0.1) is 45.7 Å². The molecule has 1 amide bonds. The quantitative estimate of drug-likeness (QED) is 0.0981. The van der Waals surface area contributed by atoms with E-state index in [1.165, 1.54) is 28.4 Å². The summed E-state index contributed by atoms with van der Waals surface area (Å²) in [6.07, 6.45) is 0. The minimum Gasteiger partial charge on any atom is -0.507 e. The molecule has 1 saturated heterocycles. The summed E-state index contributed by atoms with van der Waals surface area (Å²) in [6.45, 7) is 3.95. The Morgan fingerprint density at radius 1 is 0.935 bits per heavy atom. The van der Waals surface area contributed by atoms with Crippen molar-refractivity contribution in [1.82, 2.24) is 4.98 Å². The number of anilines is 1. The van der Waals surface area contributed by atoms with Gasteiger partial charge in [-0.2, -0.15) is 0 Å². The molecule has 3 aromatic carbocycles. The number of ketones is 1. The number of hydrogen-bond donors (Lipinski definition) is 1. The fraction of sp³-hybridized carbons (Fsp3) is 0.235. The molecule has 0 spiro atoms. The van der Waals surface area contributed by atoms with Crippen molar-refractivity contribution in [3.05, 3.63) is 99.1 Å². The van der Waals surface area contributed by atoms with Crippen molar-refractivity contribution in [2.24, 2.45) is 0 Å². The highest BCUT2D eigenvalue weighted by molar-refractivity contribution is 7.17. The smallest absolute Gasteiger partial charge is 0.350 e. The zero-order valence-corrected chi connectivity index (χ0v) is 26.9. The number of thiazole rings is 1. The van der Waals surface area contributed by atoms with Crippen LogP contribution in [0.2, 0.25) is 0 Å². The molecule has 46 heavy (non-hydrogen) atoms. The van der Waals surface area contributed by atoms with E-state index < -0.39 is 29.5 Å². The Labute approximate surface area is 269 Å². The van der Waals surface area contributed by atoms with Gasteiger partial charge in [0.2, 0.25) is 5.75 Å². The highest BCUT2D eigenvalue weighted by Gasteiger charge is 2.49. The van der Waals surface area contributed by atoms with Gasteiger partial charge >= 0.3 is 11.9 Å². The number of carbonyl (C=O) groups is 3. The van der Waals surface area contributed by atoms with Crippen LogP contribution in [0.15, 0.2) is 66.2 Å². The molecule has 1 unspecified atom stereocenters. The number of ether oxygens (including phenoxy) is 5. The summed E-state index contributed by atoms with van der Waals surface area (Å²) in [6, 6.07) is 16.4. The van der Waals surface area contributed by atoms with Crippen molar-refractivity contribution in [1.29, 1.82) is 0 Å². The van der Waals surface area contributed by atoms with E-state index in [-0.39, 0.29) is 32.6 Å². The first-order valence-electron chi connectivity index (χ1n) is 14.1. The van der Waals surface area contributed by atoms with Gasteiger partial charge in [-0.1, -0.05) is 35.6 Å². The number of aryl methyl sites for hydroxylation is 2. The number of esters is 1. The maximum Gasteiger partial charge on any atom is 0.350 e. The van der Waals surface area contributed by atoms with E-state index in [4.69, 9.17) is 23.7 Å². The Kier molecular flexibility index (Phi) is 9.28. The Morgan fingerprint density at radius 2 is 1.59 bits per heavy atom. The van der Waals surface area contributed by atoms with E-state index >= 15 is 0 Å². The average Bonchev–Trinajstić information content (AvgIpc) is 3.58. The van der Waals surface area contributed by atoms with Gasteiger partial charge in [-0.3, -0.25) is 14.5 Å². The van der Waals surface area contributed by atoms with Crippen molar-refractivity contribution >= 4 is 39.9 Å². The number of aliphatic hydroxyl groups excluding tert-OH is 1. The van der Waals surface area contributed by atoms with Gasteiger partial charge in [-0.25, -0.2) is 9.78 Å². The largest absolute Gasteiger partial charge is 0.507 e. The van der Waals surface area contributed by atoms with Crippen LogP contribution in [0, 0.1) is 13.8 Å². The standard InChI is InChI=1S/C34H32N2O9S/c1-18-9-7-8-10-21(18)17-45-23-13-11-20(12-14-23)28(37)26-27(22-15-24(41-3)30(43-5)25(16-22)42-4)36(32(39)29(26)38)34-35-19(2)31(46-34)33(40)44-6/h7-16,27,37H,17H2,1-6H3. The maximum absolute atomic E-state index is 13.7. The Balaban J connectivity index is 1.62. The van der Waals surface area contributed by atoms with Gasteiger partial charge < -0.3 is 28.8 Å². The molecule has 1 atom stereocenters. The summed E-state index contributed by atoms with van der Waals surface area (Å²) in [5.74, 6) is -1.54. The second kappa shape index (κ2) is 13.3. The van der Waals surface area contributed by atoms with E-state index in [1.807, 2.05) is 31.2 Å². The fourth-order valence-corrected chi connectivity index (χ4v) is 6.18. The zero-order valence-electron chi connectivity index (χ0n) is 26.1. The van der Waals surface area contributed by atoms with Gasteiger partial charge in [0.1, 0.15) is 23.0 Å². The van der Waals surface area contributed by atoms with Crippen LogP contribution in [0.1, 0.15) is 43.7 Å². The van der Waals surface area contributed by atoms with Crippen LogP contribution in [-0.4, -0.2) is 56.2 Å². The number of hydrogen-bond acceptors (Lipinski definition) is 11. The third-order valence-corrected chi connectivity index (χ3v) is 8.73. The number of nitrogens with zero attached hydrogens (tertiary/aromatic N) is 2. The number of methoxy groups -OCH3 is 4. The Morgan fingerprint density at radius 3 is 2.17 bits per heavy atom. The molecular weight excluding hydrogens is 612 g/mol. The van der Waals surface area contributed by atoms with Gasteiger partial charge in [-0.05, 0) is 66.9 Å². The number of amides is 1. The lowest BCUT2D eigenvalue weighted by Crippen LogP contribution is -2.29. The van der Waals surface area contributed by atoms with Crippen LogP contribution in [-0.2, 0) is 20.9 Å². The summed E-state index contributed by atoms with van der Waals surface area (Å²) >= 11 is 0.897. The summed E-state index contributed by atoms with van der Waals surface area (Å²) < 4.78 is 27.3. The van der Waals surface area contributed by atoms with Crippen LogP contribution in [0.5, 0.6) is 23.0 Å². The van der Waals surface area contributed by atoms with Crippen LogP contribution < -0.4 is 23.8 Å². The molecular formula is C34H32N2O9S. The van der Waals surface area contributed by atoms with Crippen molar-refractivity contribution in [3.8, 4) is 23.0 Å². The van der Waals surface area contributed by atoms with Crippen LogP contribution in [0.3, 0.4) is 0 Å². The van der Waals surface area contributed by atoms with Crippen molar-refractivity contribution in [2.75, 3.05) is 33.3 Å². The number of aromatic nitrogens is 1. The third-order valence-electron chi connectivity index (χ3n) is 7.59. The molecule has 12 heteroatoms. The lowest BCUT2D eigenvalue weighted by atomic mass is 9.94. The summed E-state index contributed by atoms with van der Waals surface area (Å²) in [5, 5.41) is 11.7. The van der Waals surface area contributed by atoms with Crippen molar-refractivity contribution < 1.29 is 43.2 Å². The number of carbonyl (C=O) groups excluding carboxylic acids is 3. The predicted molar refractivity (Wildman–Crippen MR) is 171 cm³/mol. The SMILES string of the molecule is COC(=O)c1sc(N2C(=O)C(=O)C(=C(O)c3ccc(OCc4ccccc4C)cc3)C2c2cc(OC)c(OC)c(OC)c2)nc1C. The third kappa shape index (κ3) is 5.86. The first-order chi connectivity index (χ1) is 22.1. The van der Waals surface area contributed by atoms with Gasteiger partial charge in [0, 0.05) is 5.56 Å². The normalized spacial score (nSPS) is 15.5. The molecule has 0 aliphatic carbocycles. The first-order valence-corrected chi connectivity index (χ1v) is 14.9. The summed E-state index contributed by atoms with van der Waals surface area (Å²) in [7, 11) is 5.57. The number of rotatable bonds is 10. The van der Waals surface area contributed by atoms with Gasteiger partial charge in [0.15, 0.2) is 16.6 Å². The topological polar surface area (TPSA) is 134 Å². The van der Waals surface area contributed by atoms with E-state index in [0.29, 0.717) is 29.4 Å². The highest BCUT2D eigenvalue weighted by atomic mass is 32.1. The molecule has 1 aromatic heterocycles. The highest BCUT2D eigenvalue weighted by Crippen LogP contribution is 2.48. The molecule has 1 fully saturated rings. The van der Waals surface area contributed by atoms with E-state index in [1.54, 1.807) is 43.3 Å². The summed E-state index contributed by atoms with van der Waals surface area (Å²) in [5.41, 5.74) is 2.90. The maximum atomic E-state index is 13.7. The number of benzene rings is 3. The average molecular weight is 645 g/mol. The zero-order chi connectivity index (χ0) is 33.1. The van der Waals surface area contributed by atoms with Gasteiger partial charge in [0.25, 0.3) is 5.78 Å². The lowest BCUT2D eigenvalue weighted by molar-refractivity contribution is -0.132. The van der Waals surface area contributed by atoms with Crippen LogP contribution in [0.25, 0.3) is 5.76 Å². The number of aliphatic hydroxyl groups is 1. The first kappa shape index (κ1) is 32.0. The van der Waals surface area contributed by atoms with Crippen LogP contribution >= 0.6 is 11.3 Å². The number of Topliss-reactive ketones (excluding diaryl/α,β-unsaturated/α-hetero) is 1. The Bertz CT molecular complexity index is 1820. The van der Waals surface area contributed by atoms with E-state index in [9.17, 15) is 19.5 Å². The predicted octanol–water partition coefficient (Wildman–Crippen LogP) is 5.78. The molecule has 238 valence electrons. The van der Waals surface area contributed by atoms with E-state index in [2.05, 4.69) is 4.98 Å². The van der Waals surface area contributed by atoms with Gasteiger partial charge in [-0.15, -0.1) is 0 Å². The molecule has 1 N–H and O–H groups in total. The molecule has 4 aromatic rings. The second-order valence-electron chi connectivity index (χ2n) is 10.3. The molecule has 0 radical (unpaired) electrons. The van der Waals surface area contributed by atoms with Crippen LogP contribution in [0.4, 0.5) is 5.13 Å². The molecule has 11 nitrogen and oxygen atoms in total. The molecule has 0 bridgehead atoms. The molecule has 5 rings (SSSR count). The summed E-state index contributed by atoms with van der Waals surface area (Å²) in [4.78, 5) is 45.6. The fourth-order valence-electron chi connectivity index (χ4n) is 5.17. The minimum absolute atomic E-state index is 0.0674. The molecule has 2 heterocycles. The molecule has 0 saturated carbocycles. The van der Waals surface area contributed by atoms with Crippen molar-refractivity contribution in [3.63, 3.8) is 0 Å². The monoisotopic (exact) mass is 644 g/mol. The lowest BCUT2D eigenvalue weighted by Gasteiger charge is -2.24. The van der Waals surface area contributed by atoms with Crippen molar-refractivity contribution in [2.45, 2.75) is 26.5 Å². The second-order valence-corrected chi connectivity index (χ2v) is 11.2.